The van der Waals surface area contributed by atoms with Crippen LogP contribution >= 0.6 is 0 Å². The molecule has 3 amide bonds. The van der Waals surface area contributed by atoms with Gasteiger partial charge >= 0.3 is 6.03 Å². The van der Waals surface area contributed by atoms with Crippen LogP contribution < -0.4 is 10.6 Å². The number of carbonyl (C=O) groups is 2. The van der Waals surface area contributed by atoms with Crippen molar-refractivity contribution < 1.29 is 14.3 Å². The van der Waals surface area contributed by atoms with Crippen LogP contribution in [0.5, 0.6) is 0 Å². The Kier molecular flexibility index (Phi) is 5.85. The van der Waals surface area contributed by atoms with Crippen molar-refractivity contribution >= 4 is 11.9 Å². The van der Waals surface area contributed by atoms with Crippen molar-refractivity contribution in [1.82, 2.24) is 15.5 Å². The average molecular weight is 386 g/mol. The van der Waals surface area contributed by atoms with E-state index in [0.29, 0.717) is 11.8 Å². The van der Waals surface area contributed by atoms with E-state index in [4.69, 9.17) is 4.74 Å². The number of rotatable bonds is 3. The number of fused-ring (bicyclic) bond motifs is 1. The Morgan fingerprint density at radius 1 is 1.07 bits per heavy atom. The predicted octanol–water partition coefficient (Wildman–Crippen LogP) is 2.51. The molecule has 0 radical (unpaired) electrons. The first-order valence-corrected chi connectivity index (χ1v) is 10.6. The van der Waals surface area contributed by atoms with E-state index in [1.165, 1.54) is 5.56 Å². The number of likely N-dealkylation sites (tertiary alicyclic amines) is 1. The van der Waals surface area contributed by atoms with Crippen molar-refractivity contribution in [2.75, 3.05) is 26.8 Å². The Morgan fingerprint density at radius 2 is 1.82 bits per heavy atom. The van der Waals surface area contributed by atoms with E-state index >= 15 is 0 Å². The second-order valence-electron chi connectivity index (χ2n) is 8.38. The summed E-state index contributed by atoms with van der Waals surface area (Å²) in [5.74, 6) is 0.916. The zero-order valence-electron chi connectivity index (χ0n) is 16.6. The molecular formula is C22H31N3O3. The number of amides is 3. The second-order valence-corrected chi connectivity index (χ2v) is 8.38. The van der Waals surface area contributed by atoms with E-state index in [9.17, 15) is 9.59 Å². The summed E-state index contributed by atoms with van der Waals surface area (Å²) in [4.78, 5) is 27.0. The predicted molar refractivity (Wildman–Crippen MR) is 107 cm³/mol. The van der Waals surface area contributed by atoms with Gasteiger partial charge in [-0.15, -0.1) is 0 Å². The molecule has 0 aromatic heterocycles. The number of hydrogen-bond acceptors (Lipinski definition) is 3. The van der Waals surface area contributed by atoms with E-state index in [-0.39, 0.29) is 29.9 Å². The van der Waals surface area contributed by atoms with Crippen LogP contribution in [0.15, 0.2) is 30.3 Å². The highest BCUT2D eigenvalue weighted by molar-refractivity contribution is 5.78. The van der Waals surface area contributed by atoms with Crippen molar-refractivity contribution in [3.63, 3.8) is 0 Å². The van der Waals surface area contributed by atoms with E-state index in [1.54, 1.807) is 7.05 Å². The Balaban J connectivity index is 1.39. The van der Waals surface area contributed by atoms with Gasteiger partial charge in [-0.1, -0.05) is 30.3 Å². The van der Waals surface area contributed by atoms with Gasteiger partial charge in [-0.3, -0.25) is 4.79 Å². The molecule has 4 rings (SSSR count). The van der Waals surface area contributed by atoms with Crippen LogP contribution in [-0.4, -0.2) is 55.7 Å². The molecular weight excluding hydrogens is 354 g/mol. The largest absolute Gasteiger partial charge is 0.381 e. The number of nitrogens with zero attached hydrogens (tertiary/aromatic N) is 1. The van der Waals surface area contributed by atoms with Crippen LogP contribution in [0.3, 0.4) is 0 Å². The minimum atomic E-state index is 0.0544. The molecule has 6 nitrogen and oxygen atoms in total. The van der Waals surface area contributed by atoms with Crippen LogP contribution in [0.4, 0.5) is 4.79 Å². The minimum absolute atomic E-state index is 0.0544. The SMILES string of the molecule is CNC(=O)C1CCC(NC(=O)N2CC(c3ccccc3)C3COCCC32)CC1. The number of urea groups is 1. The molecule has 2 heterocycles. The fraction of sp³-hybridized carbons (Fsp3) is 0.636. The first-order valence-electron chi connectivity index (χ1n) is 10.6. The topological polar surface area (TPSA) is 70.7 Å². The molecule has 1 saturated carbocycles. The van der Waals surface area contributed by atoms with Crippen molar-refractivity contribution in [1.29, 1.82) is 0 Å². The molecule has 0 spiro atoms. The van der Waals surface area contributed by atoms with Crippen LogP contribution in [0.25, 0.3) is 0 Å². The molecule has 2 aliphatic heterocycles. The number of hydrogen-bond donors (Lipinski definition) is 2. The summed E-state index contributed by atoms with van der Waals surface area (Å²) < 4.78 is 5.76. The van der Waals surface area contributed by atoms with E-state index in [2.05, 4.69) is 39.8 Å². The fourth-order valence-electron chi connectivity index (χ4n) is 5.25. The van der Waals surface area contributed by atoms with E-state index in [1.807, 2.05) is 6.07 Å². The van der Waals surface area contributed by atoms with Gasteiger partial charge in [0.25, 0.3) is 0 Å². The number of benzene rings is 1. The summed E-state index contributed by atoms with van der Waals surface area (Å²) in [7, 11) is 1.69. The van der Waals surface area contributed by atoms with Gasteiger partial charge in [0.2, 0.25) is 5.91 Å². The maximum absolute atomic E-state index is 13.1. The molecule has 152 valence electrons. The van der Waals surface area contributed by atoms with E-state index in [0.717, 1.165) is 51.9 Å². The molecule has 2 saturated heterocycles. The summed E-state index contributed by atoms with van der Waals surface area (Å²) in [6.45, 7) is 2.21. The summed E-state index contributed by atoms with van der Waals surface area (Å²) in [5, 5.41) is 6.00. The van der Waals surface area contributed by atoms with Gasteiger partial charge in [0.1, 0.15) is 0 Å². The number of carbonyl (C=O) groups excluding carboxylic acids is 2. The first kappa shape index (κ1) is 19.2. The van der Waals surface area contributed by atoms with Crippen LogP contribution in [0, 0.1) is 11.8 Å². The number of ether oxygens (including phenoxy) is 1. The summed E-state index contributed by atoms with van der Waals surface area (Å²) in [6.07, 6.45) is 4.34. The standard InChI is InChI=1S/C22H31N3O3/c1-23-21(26)16-7-9-17(10-8-16)24-22(27)25-13-18(15-5-3-2-4-6-15)19-14-28-12-11-20(19)25/h2-6,16-20H,7-14H2,1H3,(H,23,26)(H,24,27). The lowest BCUT2D eigenvalue weighted by molar-refractivity contribution is -0.125. The van der Waals surface area contributed by atoms with Crippen molar-refractivity contribution in [3.05, 3.63) is 35.9 Å². The molecule has 1 aliphatic carbocycles. The molecule has 3 fully saturated rings. The molecule has 3 atom stereocenters. The summed E-state index contributed by atoms with van der Waals surface area (Å²) in [5.41, 5.74) is 1.30. The van der Waals surface area contributed by atoms with Gasteiger partial charge in [-0.25, -0.2) is 4.79 Å². The lowest BCUT2D eigenvalue weighted by atomic mass is 9.84. The Bertz CT molecular complexity index is 688. The number of nitrogens with one attached hydrogen (secondary N) is 2. The third-order valence-electron chi connectivity index (χ3n) is 6.83. The highest BCUT2D eigenvalue weighted by Crippen LogP contribution is 2.41. The molecule has 3 aliphatic rings. The maximum atomic E-state index is 13.1. The molecule has 28 heavy (non-hydrogen) atoms. The molecule has 0 bridgehead atoms. The highest BCUT2D eigenvalue weighted by atomic mass is 16.5. The minimum Gasteiger partial charge on any atom is -0.381 e. The van der Waals surface area contributed by atoms with E-state index < -0.39 is 0 Å². The van der Waals surface area contributed by atoms with Gasteiger partial charge in [0.15, 0.2) is 0 Å². The molecule has 1 aromatic carbocycles. The van der Waals surface area contributed by atoms with Gasteiger partial charge in [-0.05, 0) is 37.7 Å². The summed E-state index contributed by atoms with van der Waals surface area (Å²) in [6, 6.07) is 11.0. The third kappa shape index (κ3) is 3.88. The lowest BCUT2D eigenvalue weighted by Crippen LogP contribution is -2.50. The van der Waals surface area contributed by atoms with Gasteiger partial charge in [-0.2, -0.15) is 0 Å². The van der Waals surface area contributed by atoms with Crippen LogP contribution in [0.2, 0.25) is 0 Å². The second kappa shape index (κ2) is 8.52. The Hall–Kier alpha value is -2.08. The summed E-state index contributed by atoms with van der Waals surface area (Å²) >= 11 is 0. The van der Waals surface area contributed by atoms with Crippen LogP contribution in [-0.2, 0) is 9.53 Å². The van der Waals surface area contributed by atoms with Crippen molar-refractivity contribution in [2.45, 2.75) is 50.1 Å². The van der Waals surface area contributed by atoms with Gasteiger partial charge < -0.3 is 20.3 Å². The highest BCUT2D eigenvalue weighted by Gasteiger charge is 2.46. The maximum Gasteiger partial charge on any atom is 0.317 e. The van der Waals surface area contributed by atoms with Gasteiger partial charge in [0.05, 0.1) is 6.61 Å². The zero-order chi connectivity index (χ0) is 19.5. The Labute approximate surface area is 167 Å². The lowest BCUT2D eigenvalue weighted by Gasteiger charge is -2.34. The molecule has 3 unspecified atom stereocenters. The molecule has 6 heteroatoms. The average Bonchev–Trinajstić information content (AvgIpc) is 3.14. The fourth-order valence-corrected chi connectivity index (χ4v) is 5.25. The van der Waals surface area contributed by atoms with Gasteiger partial charge in [0, 0.05) is 50.0 Å². The normalized spacial score (nSPS) is 32.5. The van der Waals surface area contributed by atoms with Crippen molar-refractivity contribution in [3.8, 4) is 0 Å². The zero-order valence-corrected chi connectivity index (χ0v) is 16.6. The quantitative estimate of drug-likeness (QED) is 0.840. The molecule has 1 aromatic rings. The first-order chi connectivity index (χ1) is 13.7. The monoisotopic (exact) mass is 385 g/mol. The third-order valence-corrected chi connectivity index (χ3v) is 6.83. The molecule has 2 N–H and O–H groups in total. The van der Waals surface area contributed by atoms with Crippen LogP contribution in [0.1, 0.15) is 43.6 Å². The van der Waals surface area contributed by atoms with Crippen molar-refractivity contribution in [2.24, 2.45) is 11.8 Å². The Morgan fingerprint density at radius 3 is 2.54 bits per heavy atom. The smallest absolute Gasteiger partial charge is 0.317 e.